The SMILES string of the molecule is COc1ccc(N=C2C=Cc3c(c(Oc4ccc(C(C)(C)C)cc4)c4ccccc4c3O)C2=O)cc1. The lowest BCUT2D eigenvalue weighted by Gasteiger charge is -2.21. The molecule has 5 nitrogen and oxygen atoms in total. The van der Waals surface area contributed by atoms with E-state index in [0.29, 0.717) is 44.8 Å². The molecule has 0 saturated carbocycles. The van der Waals surface area contributed by atoms with Crippen molar-refractivity contribution in [3.8, 4) is 23.0 Å². The monoisotopic (exact) mass is 477 g/mol. The Kier molecular flexibility index (Phi) is 5.84. The van der Waals surface area contributed by atoms with E-state index in [2.05, 4.69) is 25.8 Å². The van der Waals surface area contributed by atoms with Crippen LogP contribution in [-0.4, -0.2) is 23.7 Å². The van der Waals surface area contributed by atoms with Gasteiger partial charge in [0.1, 0.15) is 28.7 Å². The zero-order valence-electron chi connectivity index (χ0n) is 20.7. The van der Waals surface area contributed by atoms with Gasteiger partial charge in [-0.3, -0.25) is 4.79 Å². The van der Waals surface area contributed by atoms with Gasteiger partial charge in [0.2, 0.25) is 5.78 Å². The van der Waals surface area contributed by atoms with Gasteiger partial charge >= 0.3 is 0 Å². The Balaban J connectivity index is 1.63. The number of Topliss-reactive ketones (excluding diaryl/α,β-unsaturated/α-hetero) is 1. The first-order chi connectivity index (χ1) is 17.3. The highest BCUT2D eigenvalue weighted by Crippen LogP contribution is 2.44. The zero-order chi connectivity index (χ0) is 25.4. The first kappa shape index (κ1) is 23.4. The van der Waals surface area contributed by atoms with E-state index in [1.165, 1.54) is 5.56 Å². The van der Waals surface area contributed by atoms with Crippen LogP contribution in [0.25, 0.3) is 16.8 Å². The van der Waals surface area contributed by atoms with Gasteiger partial charge in [0.25, 0.3) is 0 Å². The van der Waals surface area contributed by atoms with Gasteiger partial charge in [0.05, 0.1) is 18.4 Å². The van der Waals surface area contributed by atoms with Crippen LogP contribution in [0.3, 0.4) is 0 Å². The Hall–Kier alpha value is -4.38. The molecule has 0 heterocycles. The van der Waals surface area contributed by atoms with E-state index in [4.69, 9.17) is 9.47 Å². The van der Waals surface area contributed by atoms with Gasteiger partial charge < -0.3 is 14.6 Å². The molecule has 0 amide bonds. The standard InChI is InChI=1S/C31H27NO4/c1-31(2,3)19-9-13-22(14-10-19)36-30-24-8-6-5-7-23(24)28(33)25-17-18-26(29(34)27(25)30)32-20-11-15-21(35-4)16-12-20/h5-18,33H,1-4H3. The highest BCUT2D eigenvalue weighted by molar-refractivity contribution is 6.53. The minimum absolute atomic E-state index is 0.0104. The van der Waals surface area contributed by atoms with E-state index in [1.54, 1.807) is 43.5 Å². The maximum absolute atomic E-state index is 13.7. The zero-order valence-corrected chi connectivity index (χ0v) is 20.7. The third-order valence-corrected chi connectivity index (χ3v) is 6.31. The first-order valence-electron chi connectivity index (χ1n) is 11.8. The molecule has 1 aliphatic rings. The van der Waals surface area contributed by atoms with Gasteiger partial charge in [-0.25, -0.2) is 4.99 Å². The van der Waals surface area contributed by atoms with Crippen molar-refractivity contribution in [2.24, 2.45) is 4.99 Å². The van der Waals surface area contributed by atoms with Crippen molar-refractivity contribution in [1.29, 1.82) is 0 Å². The minimum Gasteiger partial charge on any atom is -0.507 e. The Morgan fingerprint density at radius 2 is 1.44 bits per heavy atom. The number of carbonyl (C=O) groups is 1. The molecule has 0 fully saturated rings. The van der Waals surface area contributed by atoms with E-state index in [-0.39, 0.29) is 22.7 Å². The number of phenolic OH excluding ortho intramolecular Hbond substituents is 1. The number of ether oxygens (including phenoxy) is 2. The number of phenols is 1. The fourth-order valence-corrected chi connectivity index (χ4v) is 4.29. The topological polar surface area (TPSA) is 68.1 Å². The van der Waals surface area contributed by atoms with Crippen LogP contribution in [0.5, 0.6) is 23.0 Å². The van der Waals surface area contributed by atoms with E-state index >= 15 is 0 Å². The number of hydrogen-bond donors (Lipinski definition) is 1. The second kappa shape index (κ2) is 9.00. The van der Waals surface area contributed by atoms with Crippen LogP contribution in [0, 0.1) is 0 Å². The summed E-state index contributed by atoms with van der Waals surface area (Å²) in [4.78, 5) is 18.3. The third kappa shape index (κ3) is 4.24. The Labute approximate surface area is 210 Å². The van der Waals surface area contributed by atoms with Gasteiger partial charge in [-0.05, 0) is 59.5 Å². The van der Waals surface area contributed by atoms with Crippen molar-refractivity contribution in [1.82, 2.24) is 0 Å². The van der Waals surface area contributed by atoms with Crippen LogP contribution in [0.1, 0.15) is 42.3 Å². The predicted octanol–water partition coefficient (Wildman–Crippen LogP) is 7.63. The number of carbonyl (C=O) groups excluding carboxylic acids is 1. The number of ketones is 1. The lowest BCUT2D eigenvalue weighted by Crippen LogP contribution is -2.18. The van der Waals surface area contributed by atoms with Crippen LogP contribution in [0.4, 0.5) is 5.69 Å². The van der Waals surface area contributed by atoms with Crippen LogP contribution < -0.4 is 9.47 Å². The maximum atomic E-state index is 13.7. The maximum Gasteiger partial charge on any atom is 0.215 e. The molecule has 1 aliphatic carbocycles. The number of aliphatic imine (C=N–C) groups is 1. The fourth-order valence-electron chi connectivity index (χ4n) is 4.29. The normalized spacial score (nSPS) is 14.2. The molecule has 0 bridgehead atoms. The first-order valence-corrected chi connectivity index (χ1v) is 11.8. The predicted molar refractivity (Wildman–Crippen MR) is 144 cm³/mol. The number of benzene rings is 4. The van der Waals surface area contributed by atoms with Crippen LogP contribution in [0.15, 0.2) is 83.9 Å². The molecule has 5 heteroatoms. The van der Waals surface area contributed by atoms with Gasteiger partial charge in [0.15, 0.2) is 0 Å². The molecular formula is C31H27NO4. The van der Waals surface area contributed by atoms with Crippen molar-refractivity contribution in [2.45, 2.75) is 26.2 Å². The minimum atomic E-state index is -0.314. The number of methoxy groups -OCH3 is 1. The number of rotatable bonds is 4. The summed E-state index contributed by atoms with van der Waals surface area (Å²) in [5.74, 6) is 1.45. The molecule has 4 aromatic carbocycles. The number of allylic oxidation sites excluding steroid dienone is 1. The summed E-state index contributed by atoms with van der Waals surface area (Å²) in [7, 11) is 1.60. The third-order valence-electron chi connectivity index (χ3n) is 6.31. The Bertz CT molecular complexity index is 1520. The quantitative estimate of drug-likeness (QED) is 0.328. The molecule has 36 heavy (non-hydrogen) atoms. The smallest absolute Gasteiger partial charge is 0.215 e. The van der Waals surface area contributed by atoms with Gasteiger partial charge in [0, 0.05) is 16.3 Å². The summed E-state index contributed by atoms with van der Waals surface area (Å²) in [6, 6.07) is 22.4. The molecule has 4 aromatic rings. The highest BCUT2D eigenvalue weighted by Gasteiger charge is 2.29. The van der Waals surface area contributed by atoms with E-state index < -0.39 is 0 Å². The summed E-state index contributed by atoms with van der Waals surface area (Å²) >= 11 is 0. The summed E-state index contributed by atoms with van der Waals surface area (Å²) in [6.45, 7) is 6.46. The molecule has 0 aliphatic heterocycles. The molecule has 0 saturated heterocycles. The van der Waals surface area contributed by atoms with E-state index in [0.717, 1.165) is 0 Å². The number of hydrogen-bond acceptors (Lipinski definition) is 5. The van der Waals surface area contributed by atoms with Crippen molar-refractivity contribution in [3.05, 3.63) is 95.6 Å². The Morgan fingerprint density at radius 3 is 2.08 bits per heavy atom. The molecule has 0 aromatic heterocycles. The lowest BCUT2D eigenvalue weighted by molar-refractivity contribution is 0.106. The van der Waals surface area contributed by atoms with Crippen LogP contribution in [0.2, 0.25) is 0 Å². The second-order valence-electron chi connectivity index (χ2n) is 9.75. The van der Waals surface area contributed by atoms with Crippen molar-refractivity contribution in [3.63, 3.8) is 0 Å². The molecule has 0 atom stereocenters. The molecule has 180 valence electrons. The van der Waals surface area contributed by atoms with Crippen molar-refractivity contribution < 1.29 is 19.4 Å². The molecular weight excluding hydrogens is 450 g/mol. The summed E-state index contributed by atoms with van der Waals surface area (Å²) in [5.41, 5.74) is 2.79. The van der Waals surface area contributed by atoms with Gasteiger partial charge in [-0.1, -0.05) is 57.2 Å². The average Bonchev–Trinajstić information content (AvgIpc) is 2.88. The second-order valence-corrected chi connectivity index (χ2v) is 9.75. The number of nitrogens with zero attached hydrogens (tertiary/aromatic N) is 1. The summed E-state index contributed by atoms with van der Waals surface area (Å²) in [5, 5.41) is 12.3. The summed E-state index contributed by atoms with van der Waals surface area (Å²) in [6.07, 6.45) is 3.35. The number of aromatic hydroxyl groups is 1. The fraction of sp³-hybridized carbons (Fsp3) is 0.161. The van der Waals surface area contributed by atoms with Crippen LogP contribution in [-0.2, 0) is 5.41 Å². The highest BCUT2D eigenvalue weighted by atomic mass is 16.5. The summed E-state index contributed by atoms with van der Waals surface area (Å²) < 4.78 is 11.6. The molecule has 0 spiro atoms. The van der Waals surface area contributed by atoms with Crippen LogP contribution >= 0.6 is 0 Å². The van der Waals surface area contributed by atoms with E-state index in [9.17, 15) is 9.90 Å². The van der Waals surface area contributed by atoms with Crippen molar-refractivity contribution in [2.75, 3.05) is 7.11 Å². The van der Waals surface area contributed by atoms with Gasteiger partial charge in [-0.2, -0.15) is 0 Å². The molecule has 1 N–H and O–H groups in total. The van der Waals surface area contributed by atoms with Gasteiger partial charge in [-0.15, -0.1) is 0 Å². The largest absolute Gasteiger partial charge is 0.507 e. The van der Waals surface area contributed by atoms with Crippen molar-refractivity contribution >= 4 is 34.0 Å². The lowest BCUT2D eigenvalue weighted by atomic mass is 9.87. The molecule has 0 radical (unpaired) electrons. The average molecular weight is 478 g/mol. The Morgan fingerprint density at radius 1 is 0.806 bits per heavy atom. The number of fused-ring (bicyclic) bond motifs is 2. The van der Waals surface area contributed by atoms with E-state index in [1.807, 2.05) is 48.5 Å². The molecule has 0 unspecified atom stereocenters. The molecule has 5 rings (SSSR count).